The molecule has 4 rings (SSSR count). The number of likely N-dealkylation sites (N-methyl/N-ethyl adjacent to an activating group) is 1. The maximum atomic E-state index is 14.1. The number of carbonyl (C=O) groups is 4. The number of halogens is 1. The summed E-state index contributed by atoms with van der Waals surface area (Å²) >= 11 is 11.3. The Labute approximate surface area is 317 Å². The number of nitrogens with one attached hydrogen (secondary N) is 1. The molecule has 0 radical (unpaired) electrons. The van der Waals surface area contributed by atoms with E-state index < -0.39 is 48.1 Å². The molecule has 3 aliphatic heterocycles. The van der Waals surface area contributed by atoms with Gasteiger partial charge in [-0.15, -0.1) is 0 Å². The summed E-state index contributed by atoms with van der Waals surface area (Å²) in [4.78, 5) is 56.5. The number of methoxy groups -OCH3 is 2. The summed E-state index contributed by atoms with van der Waals surface area (Å²) < 4.78 is 29.2. The molecule has 288 valence electrons. The predicted molar refractivity (Wildman–Crippen MR) is 202 cm³/mol. The Balaban J connectivity index is 1.72. The smallest absolute Gasteiger partial charge is 0.407 e. The number of allylic oxidation sites excluding steroid dienone is 3. The highest BCUT2D eigenvalue weighted by Gasteiger charge is 2.64. The summed E-state index contributed by atoms with van der Waals surface area (Å²) in [5.74, 6) is -1.25. The molecule has 3 amide bonds. The number of ether oxygens (including phenoxy) is 5. The van der Waals surface area contributed by atoms with E-state index in [-0.39, 0.29) is 46.4 Å². The minimum absolute atomic E-state index is 0.200. The summed E-state index contributed by atoms with van der Waals surface area (Å²) in [7, 11) is 6.25. The molecule has 12 nitrogen and oxygen atoms in total. The fourth-order valence-electron chi connectivity index (χ4n) is 6.75. The summed E-state index contributed by atoms with van der Waals surface area (Å²) in [6.07, 6.45) is 4.00. The quantitative estimate of drug-likeness (QED) is 0.195. The van der Waals surface area contributed by atoms with Crippen LogP contribution in [0.5, 0.6) is 5.75 Å². The first-order chi connectivity index (χ1) is 24.3. The number of anilines is 1. The normalized spacial score (nSPS) is 30.5. The van der Waals surface area contributed by atoms with Crippen LogP contribution in [0.4, 0.5) is 10.5 Å². The maximum absolute atomic E-state index is 14.1. The highest BCUT2D eigenvalue weighted by atomic mass is 35.5. The van der Waals surface area contributed by atoms with Gasteiger partial charge in [0.15, 0.2) is 0 Å². The lowest BCUT2D eigenvalue weighted by atomic mass is 9.84. The van der Waals surface area contributed by atoms with Crippen LogP contribution in [0.2, 0.25) is 5.02 Å². The molecule has 1 unspecified atom stereocenters. The van der Waals surface area contributed by atoms with Gasteiger partial charge in [0.1, 0.15) is 34.6 Å². The monoisotopic (exact) mass is 763 g/mol. The van der Waals surface area contributed by atoms with Crippen LogP contribution in [-0.2, 0) is 39.8 Å². The van der Waals surface area contributed by atoms with Gasteiger partial charge in [0.25, 0.3) is 0 Å². The maximum Gasteiger partial charge on any atom is 0.407 e. The first-order valence-corrected chi connectivity index (χ1v) is 18.4. The number of thiol groups is 1. The number of epoxide rings is 1. The molecule has 1 N–H and O–H groups in total. The summed E-state index contributed by atoms with van der Waals surface area (Å²) in [5.41, 5.74) is 1.18. The van der Waals surface area contributed by atoms with Crippen molar-refractivity contribution in [2.24, 2.45) is 5.92 Å². The Bertz CT molecular complexity index is 1580. The van der Waals surface area contributed by atoms with Gasteiger partial charge in [-0.3, -0.25) is 9.59 Å². The lowest BCUT2D eigenvalue weighted by Crippen LogP contribution is -2.53. The van der Waals surface area contributed by atoms with Crippen LogP contribution < -0.4 is 15.0 Å². The zero-order valence-corrected chi connectivity index (χ0v) is 33.5. The van der Waals surface area contributed by atoms with Crippen molar-refractivity contribution < 1.29 is 42.9 Å². The average Bonchev–Trinajstić information content (AvgIpc) is 3.79. The van der Waals surface area contributed by atoms with Gasteiger partial charge >= 0.3 is 12.1 Å². The number of alkyl carbamates (subject to hydrolysis) is 1. The van der Waals surface area contributed by atoms with Gasteiger partial charge in [0, 0.05) is 44.7 Å². The second-order valence-corrected chi connectivity index (χ2v) is 16.6. The second-order valence-electron chi connectivity index (χ2n) is 15.0. The number of hydrogen-bond acceptors (Lipinski definition) is 10. The van der Waals surface area contributed by atoms with E-state index >= 15 is 0 Å². The van der Waals surface area contributed by atoms with Gasteiger partial charge < -0.3 is 38.8 Å². The number of amides is 3. The van der Waals surface area contributed by atoms with E-state index in [4.69, 9.17) is 35.3 Å². The first-order valence-electron chi connectivity index (χ1n) is 17.6. The Morgan fingerprint density at radius 1 is 1.25 bits per heavy atom. The highest BCUT2D eigenvalue weighted by molar-refractivity contribution is 7.81. The van der Waals surface area contributed by atoms with Crippen LogP contribution in [0.1, 0.15) is 72.8 Å². The number of rotatable bonds is 8. The Morgan fingerprint density at radius 3 is 2.58 bits per heavy atom. The van der Waals surface area contributed by atoms with E-state index in [9.17, 15) is 19.2 Å². The van der Waals surface area contributed by atoms with E-state index in [1.165, 1.54) is 16.9 Å². The minimum atomic E-state index is -1.12. The average molecular weight is 764 g/mol. The molecule has 1 aromatic carbocycles. The van der Waals surface area contributed by atoms with E-state index in [1.807, 2.05) is 58.1 Å². The van der Waals surface area contributed by atoms with Crippen LogP contribution >= 0.6 is 24.2 Å². The van der Waals surface area contributed by atoms with Crippen molar-refractivity contribution in [3.05, 3.63) is 46.5 Å². The number of benzene rings is 1. The Hall–Kier alpha value is -3.26. The van der Waals surface area contributed by atoms with Crippen molar-refractivity contribution in [3.8, 4) is 5.75 Å². The van der Waals surface area contributed by atoms with E-state index in [1.54, 1.807) is 35.1 Å². The molecule has 0 aliphatic carbocycles. The Morgan fingerprint density at radius 2 is 1.94 bits per heavy atom. The molecule has 3 heterocycles. The first kappa shape index (κ1) is 41.5. The molecule has 2 fully saturated rings. The molecule has 4 bridgehead atoms. The largest absolute Gasteiger partial charge is 0.495 e. The van der Waals surface area contributed by atoms with Crippen molar-refractivity contribution in [2.45, 2.75) is 120 Å². The van der Waals surface area contributed by atoms with Crippen molar-refractivity contribution in [1.29, 1.82) is 0 Å². The third-order valence-corrected chi connectivity index (χ3v) is 11.0. The van der Waals surface area contributed by atoms with Crippen molar-refractivity contribution in [2.75, 3.05) is 33.2 Å². The fraction of sp³-hybridized carbons (Fsp3) is 0.632. The number of fused-ring (bicyclic) bond motifs is 5. The van der Waals surface area contributed by atoms with Gasteiger partial charge in [-0.05, 0) is 51.3 Å². The molecule has 0 saturated carbocycles. The van der Waals surface area contributed by atoms with Gasteiger partial charge in [-0.2, -0.15) is 12.6 Å². The van der Waals surface area contributed by atoms with Gasteiger partial charge in [-0.1, -0.05) is 56.2 Å². The lowest BCUT2D eigenvalue weighted by Gasteiger charge is -2.36. The molecule has 8 atom stereocenters. The molecule has 14 heteroatoms. The van der Waals surface area contributed by atoms with Crippen molar-refractivity contribution in [3.63, 3.8) is 0 Å². The molecule has 52 heavy (non-hydrogen) atoms. The van der Waals surface area contributed by atoms with Gasteiger partial charge in [0.2, 0.25) is 11.8 Å². The van der Waals surface area contributed by atoms with Crippen molar-refractivity contribution >= 4 is 53.8 Å². The standard InChI is InChI=1S/C38H54ClN3O9S/c1-21-12-11-13-27(47-9)25-19-28(49-36(46)40-25)22(2)34-38(6,51-34)30(50-35(45)23(3)41(7)31(43)14-15-37(4,5)52)20-32(44)42(8)26-17-24(16-21)18-29(48-10)33(26)39/h11-13,17-18,22-23,25,27-28,30,34,52H,14-16,19-20H2,1-10H3,(H,40,46)/b13-11+,21-12+/t22-,23+,25?,27-,28+,30+,34+,38+/m1/s1. The molecule has 0 spiro atoms. The second kappa shape index (κ2) is 16.8. The van der Waals surface area contributed by atoms with Crippen LogP contribution in [0.25, 0.3) is 0 Å². The third-order valence-electron chi connectivity index (χ3n) is 10.4. The number of carbonyl (C=O) groups excluding carboxylic acids is 4. The molecular formula is C38H54ClN3O9S. The SMILES string of the molecule is COc1cc2cc(c1Cl)N(C)C(=O)C[C@H](OC(=O)[C@H](C)N(C)C(=O)CCC(C)(C)S)[C@]1(C)O[C@H]1[C@H](C)[C@@H]1CC(NC(=O)O1)[C@H](OC)/C=C/C=C(\C)C2. The zero-order chi connectivity index (χ0) is 38.7. The molecule has 2 saturated heterocycles. The van der Waals surface area contributed by atoms with Crippen LogP contribution in [-0.4, -0.2) is 104 Å². The van der Waals surface area contributed by atoms with Gasteiger partial charge in [0.05, 0.1) is 37.5 Å². The third kappa shape index (κ3) is 9.83. The summed E-state index contributed by atoms with van der Waals surface area (Å²) in [5, 5.41) is 3.14. The predicted octanol–water partition coefficient (Wildman–Crippen LogP) is 5.68. The molecule has 1 aromatic rings. The molecule has 3 aliphatic rings. The highest BCUT2D eigenvalue weighted by Crippen LogP contribution is 2.49. The van der Waals surface area contributed by atoms with Crippen LogP contribution in [0.15, 0.2) is 35.9 Å². The van der Waals surface area contributed by atoms with E-state index in [0.717, 1.165) is 11.1 Å². The minimum Gasteiger partial charge on any atom is -0.495 e. The topological polar surface area (TPSA) is 136 Å². The summed E-state index contributed by atoms with van der Waals surface area (Å²) in [6, 6.07) is 2.33. The summed E-state index contributed by atoms with van der Waals surface area (Å²) in [6.45, 7) is 11.1. The van der Waals surface area contributed by atoms with Crippen LogP contribution in [0.3, 0.4) is 0 Å². The number of hydrogen-bond donors (Lipinski definition) is 2. The van der Waals surface area contributed by atoms with E-state index in [2.05, 4.69) is 17.9 Å². The Kier molecular flexibility index (Phi) is 13.4. The van der Waals surface area contributed by atoms with Crippen molar-refractivity contribution in [1.82, 2.24) is 10.2 Å². The molecular weight excluding hydrogens is 710 g/mol. The molecule has 0 aromatic heterocycles. The number of esters is 1. The van der Waals surface area contributed by atoms with Crippen LogP contribution in [0, 0.1) is 5.92 Å². The zero-order valence-electron chi connectivity index (χ0n) is 31.9. The van der Waals surface area contributed by atoms with Gasteiger partial charge in [-0.25, -0.2) is 9.59 Å². The number of nitrogens with zero attached hydrogens (tertiary/aromatic N) is 2. The lowest BCUT2D eigenvalue weighted by molar-refractivity contribution is -0.162. The fourth-order valence-corrected chi connectivity index (χ4v) is 7.18. The van der Waals surface area contributed by atoms with E-state index in [0.29, 0.717) is 30.7 Å².